The molecule has 0 bridgehead atoms. The van der Waals surface area contributed by atoms with Crippen LogP contribution in [0.2, 0.25) is 0 Å². The lowest BCUT2D eigenvalue weighted by atomic mass is 10.0. The summed E-state index contributed by atoms with van der Waals surface area (Å²) < 4.78 is 0. The minimum absolute atomic E-state index is 0.0292. The van der Waals surface area contributed by atoms with Gasteiger partial charge in [0, 0.05) is 24.3 Å². The van der Waals surface area contributed by atoms with Crippen LogP contribution in [-0.2, 0) is 0 Å². The molecule has 2 N–H and O–H groups in total. The zero-order valence-electron chi connectivity index (χ0n) is 12.3. The lowest BCUT2D eigenvalue weighted by molar-refractivity contribution is 0.0942. The Morgan fingerprint density at radius 1 is 1.40 bits per heavy atom. The molecule has 108 valence electrons. The molecule has 4 heteroatoms. The summed E-state index contributed by atoms with van der Waals surface area (Å²) in [5.74, 6) is 1.68. The van der Waals surface area contributed by atoms with E-state index in [0.717, 1.165) is 30.5 Å². The van der Waals surface area contributed by atoms with E-state index >= 15 is 0 Å². The Bertz CT molecular complexity index is 518. The first kappa shape index (κ1) is 13.4. The highest BCUT2D eigenvalue weighted by atomic mass is 16.1. The van der Waals surface area contributed by atoms with E-state index in [0.29, 0.717) is 11.0 Å². The summed E-state index contributed by atoms with van der Waals surface area (Å²) in [4.78, 5) is 16.7. The molecule has 0 aliphatic heterocycles. The van der Waals surface area contributed by atoms with Crippen LogP contribution in [0.3, 0.4) is 0 Å². The Morgan fingerprint density at radius 2 is 2.15 bits per heavy atom. The zero-order chi connectivity index (χ0) is 14.2. The molecule has 1 amide bonds. The molecule has 0 radical (unpaired) electrons. The summed E-state index contributed by atoms with van der Waals surface area (Å²) in [5, 5.41) is 6.29. The molecule has 0 saturated heterocycles. The first-order valence-electron chi connectivity index (χ1n) is 7.64. The average molecular weight is 273 g/mol. The quantitative estimate of drug-likeness (QED) is 0.838. The second kappa shape index (κ2) is 5.08. The third kappa shape index (κ3) is 2.79. The van der Waals surface area contributed by atoms with Crippen molar-refractivity contribution in [3.05, 3.63) is 23.4 Å². The van der Waals surface area contributed by atoms with Gasteiger partial charge in [-0.3, -0.25) is 4.79 Å². The number of rotatable bonds is 6. The Balaban J connectivity index is 1.64. The van der Waals surface area contributed by atoms with Crippen LogP contribution in [0, 0.1) is 18.3 Å². The van der Waals surface area contributed by atoms with Gasteiger partial charge in [-0.1, -0.05) is 0 Å². The Labute approximate surface area is 120 Å². The SMILES string of the molecule is CCNc1cc(C(=O)NCC2(C3CC3)CC2)cc(C)n1. The molecule has 2 aliphatic rings. The van der Waals surface area contributed by atoms with Crippen molar-refractivity contribution in [3.63, 3.8) is 0 Å². The fraction of sp³-hybridized carbons (Fsp3) is 0.625. The standard InChI is InChI=1S/C16H23N3O/c1-3-17-14-9-12(8-11(2)19-14)15(20)18-10-16(6-7-16)13-4-5-13/h8-9,13H,3-7,10H2,1-2H3,(H,17,19)(H,18,20). The Kier molecular flexibility index (Phi) is 3.40. The van der Waals surface area contributed by atoms with Crippen molar-refractivity contribution >= 4 is 11.7 Å². The minimum Gasteiger partial charge on any atom is -0.370 e. The minimum atomic E-state index is 0.0292. The molecule has 1 heterocycles. The topological polar surface area (TPSA) is 54.0 Å². The third-order valence-electron chi connectivity index (χ3n) is 4.51. The van der Waals surface area contributed by atoms with E-state index in [9.17, 15) is 4.79 Å². The van der Waals surface area contributed by atoms with Gasteiger partial charge in [0.25, 0.3) is 5.91 Å². The van der Waals surface area contributed by atoms with E-state index in [1.807, 2.05) is 26.0 Å². The van der Waals surface area contributed by atoms with Gasteiger partial charge in [0.2, 0.25) is 0 Å². The van der Waals surface area contributed by atoms with Gasteiger partial charge < -0.3 is 10.6 Å². The molecule has 3 rings (SSSR count). The fourth-order valence-electron chi connectivity index (χ4n) is 3.02. The molecular formula is C16H23N3O. The molecule has 0 atom stereocenters. The Morgan fingerprint density at radius 3 is 2.75 bits per heavy atom. The fourth-order valence-corrected chi connectivity index (χ4v) is 3.02. The zero-order valence-corrected chi connectivity index (χ0v) is 12.3. The van der Waals surface area contributed by atoms with Crippen molar-refractivity contribution < 1.29 is 4.79 Å². The molecule has 1 aromatic rings. The second-order valence-electron chi connectivity index (χ2n) is 6.23. The number of nitrogens with one attached hydrogen (secondary N) is 2. The van der Waals surface area contributed by atoms with Crippen LogP contribution in [0.4, 0.5) is 5.82 Å². The van der Waals surface area contributed by atoms with Gasteiger partial charge in [-0.25, -0.2) is 4.98 Å². The van der Waals surface area contributed by atoms with Gasteiger partial charge in [-0.15, -0.1) is 0 Å². The summed E-state index contributed by atoms with van der Waals surface area (Å²) in [6, 6.07) is 3.69. The summed E-state index contributed by atoms with van der Waals surface area (Å²) in [6.45, 7) is 5.59. The summed E-state index contributed by atoms with van der Waals surface area (Å²) >= 11 is 0. The number of carbonyl (C=O) groups is 1. The number of hydrogen-bond acceptors (Lipinski definition) is 3. The predicted molar refractivity (Wildman–Crippen MR) is 79.9 cm³/mol. The van der Waals surface area contributed by atoms with Crippen LogP contribution in [0.1, 0.15) is 48.7 Å². The lowest BCUT2D eigenvalue weighted by Gasteiger charge is -2.15. The molecular weight excluding hydrogens is 250 g/mol. The summed E-state index contributed by atoms with van der Waals surface area (Å²) in [7, 11) is 0. The largest absolute Gasteiger partial charge is 0.370 e. The summed E-state index contributed by atoms with van der Waals surface area (Å²) in [6.07, 6.45) is 5.29. The van der Waals surface area contributed by atoms with Crippen LogP contribution in [0.25, 0.3) is 0 Å². The normalized spacial score (nSPS) is 19.5. The van der Waals surface area contributed by atoms with E-state index in [4.69, 9.17) is 0 Å². The van der Waals surface area contributed by atoms with Crippen LogP contribution in [0.5, 0.6) is 0 Å². The number of hydrogen-bond donors (Lipinski definition) is 2. The van der Waals surface area contributed by atoms with E-state index in [2.05, 4.69) is 15.6 Å². The van der Waals surface area contributed by atoms with Gasteiger partial charge in [-0.2, -0.15) is 0 Å². The van der Waals surface area contributed by atoms with Gasteiger partial charge in [0.15, 0.2) is 0 Å². The van der Waals surface area contributed by atoms with E-state index < -0.39 is 0 Å². The van der Waals surface area contributed by atoms with Crippen molar-refractivity contribution in [2.75, 3.05) is 18.4 Å². The number of aromatic nitrogens is 1. The Hall–Kier alpha value is -1.58. The maximum atomic E-state index is 12.3. The molecule has 2 aliphatic carbocycles. The molecule has 20 heavy (non-hydrogen) atoms. The van der Waals surface area contributed by atoms with Gasteiger partial charge in [-0.05, 0) is 63.0 Å². The highest BCUT2D eigenvalue weighted by molar-refractivity contribution is 5.95. The molecule has 4 nitrogen and oxygen atoms in total. The van der Waals surface area contributed by atoms with E-state index in [1.54, 1.807) is 0 Å². The van der Waals surface area contributed by atoms with Gasteiger partial charge >= 0.3 is 0 Å². The number of aryl methyl sites for hydroxylation is 1. The predicted octanol–water partition coefficient (Wildman–Crippen LogP) is 2.74. The number of anilines is 1. The van der Waals surface area contributed by atoms with Crippen molar-refractivity contribution in [3.8, 4) is 0 Å². The number of amides is 1. The van der Waals surface area contributed by atoms with Crippen LogP contribution in [0.15, 0.2) is 12.1 Å². The third-order valence-corrected chi connectivity index (χ3v) is 4.51. The monoisotopic (exact) mass is 273 g/mol. The smallest absolute Gasteiger partial charge is 0.251 e. The molecule has 2 saturated carbocycles. The highest BCUT2D eigenvalue weighted by Crippen LogP contribution is 2.60. The maximum absolute atomic E-state index is 12.3. The van der Waals surface area contributed by atoms with Crippen molar-refractivity contribution in [2.45, 2.75) is 39.5 Å². The highest BCUT2D eigenvalue weighted by Gasteiger charge is 2.53. The number of pyridine rings is 1. The first-order chi connectivity index (χ1) is 9.63. The van der Waals surface area contributed by atoms with Crippen molar-refractivity contribution in [1.29, 1.82) is 0 Å². The molecule has 0 spiro atoms. The molecule has 0 unspecified atom stereocenters. The summed E-state index contributed by atoms with van der Waals surface area (Å²) in [5.41, 5.74) is 2.03. The van der Waals surface area contributed by atoms with Gasteiger partial charge in [0.1, 0.15) is 5.82 Å². The van der Waals surface area contributed by atoms with Crippen molar-refractivity contribution in [1.82, 2.24) is 10.3 Å². The average Bonchev–Trinajstić information content (AvgIpc) is 3.27. The molecule has 1 aromatic heterocycles. The molecule has 0 aromatic carbocycles. The second-order valence-corrected chi connectivity index (χ2v) is 6.23. The maximum Gasteiger partial charge on any atom is 0.251 e. The van der Waals surface area contributed by atoms with Crippen LogP contribution < -0.4 is 10.6 Å². The first-order valence-corrected chi connectivity index (χ1v) is 7.64. The van der Waals surface area contributed by atoms with Gasteiger partial charge in [0.05, 0.1) is 0 Å². The molecule has 2 fully saturated rings. The lowest BCUT2D eigenvalue weighted by Crippen LogP contribution is -2.31. The van der Waals surface area contributed by atoms with Crippen molar-refractivity contribution in [2.24, 2.45) is 11.3 Å². The number of nitrogens with zero attached hydrogens (tertiary/aromatic N) is 1. The van der Waals surface area contributed by atoms with Crippen LogP contribution >= 0.6 is 0 Å². The van der Waals surface area contributed by atoms with E-state index in [-0.39, 0.29) is 5.91 Å². The number of carbonyl (C=O) groups excluding carboxylic acids is 1. The van der Waals surface area contributed by atoms with E-state index in [1.165, 1.54) is 25.7 Å². The van der Waals surface area contributed by atoms with Crippen LogP contribution in [-0.4, -0.2) is 24.0 Å².